The number of benzene rings is 1. The van der Waals surface area contributed by atoms with Crippen molar-refractivity contribution in [2.45, 2.75) is 64.1 Å². The number of anilines is 1. The van der Waals surface area contributed by atoms with Crippen molar-refractivity contribution < 1.29 is 10.0 Å². The van der Waals surface area contributed by atoms with E-state index in [4.69, 9.17) is 4.98 Å². The van der Waals surface area contributed by atoms with Crippen LogP contribution in [0.5, 0.6) is 0 Å². The molecule has 1 aliphatic carbocycles. The van der Waals surface area contributed by atoms with Crippen molar-refractivity contribution in [1.29, 1.82) is 0 Å². The van der Waals surface area contributed by atoms with Gasteiger partial charge >= 0.3 is 0 Å². The number of piperazine rings is 1. The van der Waals surface area contributed by atoms with E-state index >= 15 is 0 Å². The fraction of sp³-hybridized carbons (Fsp3) is 0.571. The molecule has 0 amide bonds. The minimum absolute atomic E-state index is 0.164. The number of rotatable bonds is 8. The summed E-state index contributed by atoms with van der Waals surface area (Å²) in [5, 5.41) is 14.5. The Hall–Kier alpha value is -2.48. The molecule has 0 radical (unpaired) electrons. The molecule has 0 unspecified atom stereocenters. The predicted molar refractivity (Wildman–Crippen MR) is 142 cm³/mol. The van der Waals surface area contributed by atoms with E-state index in [-0.39, 0.29) is 6.10 Å². The first-order chi connectivity index (χ1) is 17.1. The maximum Gasteiger partial charge on any atom is 0.224 e. The Morgan fingerprint density at radius 3 is 2.54 bits per heavy atom. The first-order valence-electron chi connectivity index (χ1n) is 13.5. The highest BCUT2D eigenvalue weighted by Gasteiger charge is 2.24. The number of nitrogens with zero attached hydrogens (tertiary/aromatic N) is 4. The number of hydrogen-bond acceptors (Lipinski definition) is 5. The first-order valence-corrected chi connectivity index (χ1v) is 13.5. The molecule has 3 aromatic rings. The molecule has 0 atom stereocenters. The van der Waals surface area contributed by atoms with E-state index in [0.717, 1.165) is 62.6 Å². The van der Waals surface area contributed by atoms with E-state index in [1.165, 1.54) is 42.9 Å². The van der Waals surface area contributed by atoms with Crippen LogP contribution in [-0.2, 0) is 6.54 Å². The Morgan fingerprint density at radius 1 is 1.09 bits per heavy atom. The molecule has 35 heavy (non-hydrogen) atoms. The van der Waals surface area contributed by atoms with Gasteiger partial charge in [0.25, 0.3) is 0 Å². The van der Waals surface area contributed by atoms with Crippen LogP contribution < -0.4 is 10.2 Å². The summed E-state index contributed by atoms with van der Waals surface area (Å²) >= 11 is 0. The van der Waals surface area contributed by atoms with E-state index in [0.29, 0.717) is 12.0 Å². The highest BCUT2D eigenvalue weighted by Crippen LogP contribution is 2.36. The van der Waals surface area contributed by atoms with Gasteiger partial charge in [-0.25, -0.2) is 4.98 Å². The molecule has 1 aliphatic heterocycles. The second kappa shape index (κ2) is 11.1. The Kier molecular flexibility index (Phi) is 7.66. The van der Waals surface area contributed by atoms with Crippen LogP contribution in [0.2, 0.25) is 0 Å². The van der Waals surface area contributed by atoms with Crippen molar-refractivity contribution in [2.75, 3.05) is 45.1 Å². The van der Waals surface area contributed by atoms with Crippen molar-refractivity contribution >= 4 is 17.0 Å². The summed E-state index contributed by atoms with van der Waals surface area (Å²) in [6.07, 6.45) is 10.0. The van der Waals surface area contributed by atoms with Crippen LogP contribution in [0.15, 0.2) is 36.7 Å². The number of hydrogen-bond donors (Lipinski definition) is 3. The Balaban J connectivity index is 1.41. The fourth-order valence-electron chi connectivity index (χ4n) is 5.48. The van der Waals surface area contributed by atoms with Gasteiger partial charge in [-0.1, -0.05) is 37.6 Å². The van der Waals surface area contributed by atoms with Crippen molar-refractivity contribution in [3.8, 4) is 11.1 Å². The summed E-state index contributed by atoms with van der Waals surface area (Å²) in [5.41, 5.74) is 4.78. The average molecular weight is 478 g/mol. The van der Waals surface area contributed by atoms with Crippen molar-refractivity contribution in [3.05, 3.63) is 42.2 Å². The Bertz CT molecular complexity index is 1090. The highest BCUT2D eigenvalue weighted by atomic mass is 16.3. The highest BCUT2D eigenvalue weighted by molar-refractivity contribution is 5.94. The van der Waals surface area contributed by atoms with Crippen LogP contribution in [0.25, 0.3) is 22.2 Å². The number of unbranched alkanes of at least 4 members (excludes halogenated alkanes) is 1. The second-order valence-electron chi connectivity index (χ2n) is 10.6. The summed E-state index contributed by atoms with van der Waals surface area (Å²) in [6.45, 7) is 8.90. The zero-order valence-electron chi connectivity index (χ0n) is 21.3. The maximum absolute atomic E-state index is 10.0. The largest absolute Gasteiger partial charge is 0.393 e. The third-order valence-corrected chi connectivity index (χ3v) is 7.83. The molecular weight excluding hydrogens is 436 g/mol. The van der Waals surface area contributed by atoms with E-state index < -0.39 is 0 Å². The summed E-state index contributed by atoms with van der Waals surface area (Å²) < 4.78 is 2.35. The first kappa shape index (κ1) is 24.2. The van der Waals surface area contributed by atoms with Crippen LogP contribution >= 0.6 is 0 Å². The van der Waals surface area contributed by atoms with Gasteiger partial charge in [-0.15, -0.1) is 0 Å². The van der Waals surface area contributed by atoms with Crippen LogP contribution in [0.4, 0.5) is 5.95 Å². The van der Waals surface area contributed by atoms with Gasteiger partial charge in [-0.3, -0.25) is 4.90 Å². The van der Waals surface area contributed by atoms with Crippen molar-refractivity contribution in [3.63, 3.8) is 0 Å². The van der Waals surface area contributed by atoms with E-state index in [2.05, 4.69) is 64.2 Å². The molecule has 2 fully saturated rings. The van der Waals surface area contributed by atoms with Gasteiger partial charge in [-0.2, -0.15) is 4.98 Å². The van der Waals surface area contributed by atoms with Crippen LogP contribution in [0.1, 0.15) is 57.1 Å². The zero-order chi connectivity index (χ0) is 24.2. The molecule has 2 aromatic heterocycles. The smallest absolute Gasteiger partial charge is 0.224 e. The number of quaternary nitrogens is 1. The zero-order valence-corrected chi connectivity index (χ0v) is 21.3. The van der Waals surface area contributed by atoms with Crippen molar-refractivity contribution in [2.24, 2.45) is 0 Å². The van der Waals surface area contributed by atoms with E-state index in [1.807, 2.05) is 6.20 Å². The van der Waals surface area contributed by atoms with Gasteiger partial charge < -0.3 is 19.9 Å². The maximum atomic E-state index is 10.0. The lowest BCUT2D eigenvalue weighted by atomic mass is 9.93. The molecule has 3 heterocycles. The molecule has 0 bridgehead atoms. The molecule has 188 valence electrons. The lowest BCUT2D eigenvalue weighted by Gasteiger charge is -2.30. The molecule has 1 aromatic carbocycles. The Morgan fingerprint density at radius 2 is 1.83 bits per heavy atom. The standard InChI is InChI=1S/C28H40N6O/c1-3-4-13-29-28-30-18-25-26(20-34(27(25)31-28)23-9-11-24(35)12-10-23)22-7-5-21(6-8-22)19-33-16-14-32(2)15-17-33/h5-8,18,20,23-24,35H,3-4,9-17,19H2,1-2H3,(H,29,30,31)/p+1. The number of aromatic nitrogens is 3. The quantitative estimate of drug-likeness (QED) is 0.435. The lowest BCUT2D eigenvalue weighted by Crippen LogP contribution is -3.11. The number of aliphatic hydroxyl groups excluding tert-OH is 1. The lowest BCUT2D eigenvalue weighted by molar-refractivity contribution is -0.884. The SMILES string of the molecule is CCCCNc1ncc2c(-c3ccc(CN4CC[NH+](C)CC4)cc3)cn(C3CCC(O)CC3)c2n1. The summed E-state index contributed by atoms with van der Waals surface area (Å²) in [6, 6.07) is 9.44. The predicted octanol–water partition coefficient (Wildman–Crippen LogP) is 3.12. The number of likely N-dealkylation sites (N-methyl/N-ethyl adjacent to an activating group) is 1. The summed E-state index contributed by atoms with van der Waals surface area (Å²) in [4.78, 5) is 13.8. The average Bonchev–Trinajstić information content (AvgIpc) is 3.25. The van der Waals surface area contributed by atoms with Crippen molar-refractivity contribution in [1.82, 2.24) is 19.4 Å². The fourth-order valence-corrected chi connectivity index (χ4v) is 5.48. The second-order valence-corrected chi connectivity index (χ2v) is 10.6. The third kappa shape index (κ3) is 5.68. The molecule has 2 aliphatic rings. The van der Waals surface area contributed by atoms with Gasteiger partial charge in [0.1, 0.15) is 5.65 Å². The molecule has 1 saturated carbocycles. The molecule has 7 heteroatoms. The molecule has 5 rings (SSSR count). The van der Waals surface area contributed by atoms with E-state index in [9.17, 15) is 5.11 Å². The van der Waals surface area contributed by atoms with Gasteiger partial charge in [-0.05, 0) is 43.2 Å². The minimum Gasteiger partial charge on any atom is -0.393 e. The molecule has 0 spiro atoms. The van der Waals surface area contributed by atoms with Gasteiger partial charge in [0, 0.05) is 55.6 Å². The molecular formula is C28H41N6O+. The van der Waals surface area contributed by atoms with Crippen LogP contribution in [0.3, 0.4) is 0 Å². The van der Waals surface area contributed by atoms with Gasteiger partial charge in [0.2, 0.25) is 5.95 Å². The summed E-state index contributed by atoms with van der Waals surface area (Å²) in [5.74, 6) is 0.706. The minimum atomic E-state index is -0.164. The normalized spacial score (nSPS) is 22.0. The van der Waals surface area contributed by atoms with Crippen LogP contribution in [0, 0.1) is 0 Å². The third-order valence-electron chi connectivity index (χ3n) is 7.83. The topological polar surface area (TPSA) is 70.7 Å². The number of nitrogens with one attached hydrogen (secondary N) is 2. The van der Waals surface area contributed by atoms with E-state index in [1.54, 1.807) is 4.90 Å². The molecule has 7 nitrogen and oxygen atoms in total. The van der Waals surface area contributed by atoms with Gasteiger partial charge in [0.15, 0.2) is 0 Å². The molecule has 3 N–H and O–H groups in total. The number of aliphatic hydroxyl groups is 1. The Labute approximate surface area is 209 Å². The number of fused-ring (bicyclic) bond motifs is 1. The monoisotopic (exact) mass is 477 g/mol. The summed E-state index contributed by atoms with van der Waals surface area (Å²) in [7, 11) is 2.28. The van der Waals surface area contributed by atoms with Crippen LogP contribution in [-0.4, -0.2) is 70.4 Å². The van der Waals surface area contributed by atoms with Gasteiger partial charge in [0.05, 0.1) is 26.2 Å². The molecule has 1 saturated heterocycles.